The minimum Gasteiger partial charge on any atom is -0.495 e. The van der Waals surface area contributed by atoms with Crippen LogP contribution in [0.2, 0.25) is 5.02 Å². The Morgan fingerprint density at radius 2 is 2.00 bits per heavy atom. The molecule has 0 atom stereocenters. The van der Waals surface area contributed by atoms with E-state index in [0.717, 1.165) is 12.1 Å². The van der Waals surface area contributed by atoms with Crippen LogP contribution in [0.5, 0.6) is 5.75 Å². The third-order valence-electron chi connectivity index (χ3n) is 3.42. The molecule has 0 spiro atoms. The van der Waals surface area contributed by atoms with Crippen molar-refractivity contribution in [3.63, 3.8) is 0 Å². The molecule has 0 radical (unpaired) electrons. The number of carbonyl (C=O) groups excluding carboxylic acids is 1. The third kappa shape index (κ3) is 2.23. The van der Waals surface area contributed by atoms with Gasteiger partial charge in [-0.05, 0) is 24.3 Å². The lowest BCUT2D eigenvalue weighted by molar-refractivity contribution is 0.112. The first-order valence-electron chi connectivity index (χ1n) is 6.35. The highest BCUT2D eigenvalue weighted by Crippen LogP contribution is 2.34. The summed E-state index contributed by atoms with van der Waals surface area (Å²) in [6, 6.07) is 6.78. The number of methoxy groups -OCH3 is 1. The minimum absolute atomic E-state index is 0.0745. The van der Waals surface area contributed by atoms with Gasteiger partial charge in [0.05, 0.1) is 23.3 Å². The van der Waals surface area contributed by atoms with Crippen molar-refractivity contribution in [3.05, 3.63) is 52.6 Å². The summed E-state index contributed by atoms with van der Waals surface area (Å²) in [4.78, 5) is 14.2. The van der Waals surface area contributed by atoms with Gasteiger partial charge in [0.1, 0.15) is 17.4 Å². The Bertz CT molecular complexity index is 889. The molecule has 1 N–H and O–H groups in total. The van der Waals surface area contributed by atoms with Crippen molar-refractivity contribution in [2.45, 2.75) is 0 Å². The van der Waals surface area contributed by atoms with Gasteiger partial charge >= 0.3 is 0 Å². The van der Waals surface area contributed by atoms with Gasteiger partial charge in [0, 0.05) is 22.6 Å². The molecular formula is C16H10ClF2NO2. The molecule has 0 unspecified atom stereocenters. The van der Waals surface area contributed by atoms with E-state index in [9.17, 15) is 13.6 Å². The first-order valence-corrected chi connectivity index (χ1v) is 6.72. The van der Waals surface area contributed by atoms with Crippen molar-refractivity contribution in [3.8, 4) is 17.0 Å². The molecule has 0 aliphatic heterocycles. The van der Waals surface area contributed by atoms with E-state index in [2.05, 4.69) is 4.98 Å². The molecule has 0 bridgehead atoms. The summed E-state index contributed by atoms with van der Waals surface area (Å²) in [6.07, 6.45) is 0.561. The molecule has 1 aromatic heterocycles. The number of hydrogen-bond donors (Lipinski definition) is 1. The average molecular weight is 322 g/mol. The van der Waals surface area contributed by atoms with E-state index in [1.165, 1.54) is 7.11 Å². The number of benzene rings is 2. The fourth-order valence-electron chi connectivity index (χ4n) is 2.41. The second-order valence-electron chi connectivity index (χ2n) is 4.69. The lowest BCUT2D eigenvalue weighted by Gasteiger charge is -2.05. The molecule has 0 saturated heterocycles. The number of ether oxygens (including phenoxy) is 1. The van der Waals surface area contributed by atoms with Crippen LogP contribution in [-0.2, 0) is 0 Å². The summed E-state index contributed by atoms with van der Waals surface area (Å²) < 4.78 is 32.3. The first-order chi connectivity index (χ1) is 10.5. The third-order valence-corrected chi connectivity index (χ3v) is 3.72. The molecule has 3 aromatic rings. The highest BCUT2D eigenvalue weighted by atomic mass is 35.5. The highest BCUT2D eigenvalue weighted by Gasteiger charge is 2.17. The molecule has 6 heteroatoms. The van der Waals surface area contributed by atoms with Gasteiger partial charge in [-0.25, -0.2) is 8.78 Å². The standard InChI is InChI=1S/C16H10ClF2NO2/c1-22-14-3-2-8(4-12(14)17)15-11(7-21)10-5-9(18)6-13(19)16(10)20-15/h2-7,20H,1H3. The summed E-state index contributed by atoms with van der Waals surface area (Å²) in [7, 11) is 1.48. The Labute approximate surface area is 129 Å². The van der Waals surface area contributed by atoms with Gasteiger partial charge in [0.2, 0.25) is 0 Å². The molecule has 0 aliphatic carbocycles. The second-order valence-corrected chi connectivity index (χ2v) is 5.10. The normalized spacial score (nSPS) is 10.9. The number of nitrogens with one attached hydrogen (secondary N) is 1. The van der Waals surface area contributed by atoms with E-state index in [1.807, 2.05) is 0 Å². The number of halogens is 3. The monoisotopic (exact) mass is 321 g/mol. The highest BCUT2D eigenvalue weighted by molar-refractivity contribution is 6.32. The number of aromatic amines is 1. The Kier molecular flexibility index (Phi) is 3.58. The molecule has 2 aromatic carbocycles. The van der Waals surface area contributed by atoms with Crippen LogP contribution in [0.3, 0.4) is 0 Å². The molecule has 3 rings (SSSR count). The maximum atomic E-state index is 13.9. The van der Waals surface area contributed by atoms with E-state index >= 15 is 0 Å². The quantitative estimate of drug-likeness (QED) is 0.717. The zero-order valence-corrected chi connectivity index (χ0v) is 12.2. The van der Waals surface area contributed by atoms with Gasteiger partial charge < -0.3 is 9.72 Å². The summed E-state index contributed by atoms with van der Waals surface area (Å²) in [5.74, 6) is -1.03. The fraction of sp³-hybridized carbons (Fsp3) is 0.0625. The molecule has 0 amide bonds. The van der Waals surface area contributed by atoms with Crippen molar-refractivity contribution in [1.82, 2.24) is 4.98 Å². The molecule has 1 heterocycles. The number of hydrogen-bond acceptors (Lipinski definition) is 2. The Balaban J connectivity index is 2.29. The Morgan fingerprint density at radius 1 is 1.23 bits per heavy atom. The average Bonchev–Trinajstić information content (AvgIpc) is 2.85. The maximum absolute atomic E-state index is 13.9. The van der Waals surface area contributed by atoms with Crippen LogP contribution >= 0.6 is 11.6 Å². The van der Waals surface area contributed by atoms with Gasteiger partial charge in [-0.1, -0.05) is 11.6 Å². The summed E-state index contributed by atoms with van der Waals surface area (Å²) in [5.41, 5.74) is 1.20. The Morgan fingerprint density at radius 3 is 2.64 bits per heavy atom. The van der Waals surface area contributed by atoms with Crippen molar-refractivity contribution in [1.29, 1.82) is 0 Å². The lowest BCUT2D eigenvalue weighted by atomic mass is 10.1. The van der Waals surface area contributed by atoms with E-state index < -0.39 is 11.6 Å². The van der Waals surface area contributed by atoms with Crippen LogP contribution in [0, 0.1) is 11.6 Å². The van der Waals surface area contributed by atoms with Crippen molar-refractivity contribution >= 4 is 28.8 Å². The van der Waals surface area contributed by atoms with Crippen molar-refractivity contribution in [2.75, 3.05) is 7.11 Å². The van der Waals surface area contributed by atoms with Crippen LogP contribution in [0.15, 0.2) is 30.3 Å². The maximum Gasteiger partial charge on any atom is 0.152 e. The summed E-state index contributed by atoms with van der Waals surface area (Å²) in [6.45, 7) is 0. The van der Waals surface area contributed by atoms with Gasteiger partial charge in [-0.2, -0.15) is 0 Å². The number of aldehydes is 1. The smallest absolute Gasteiger partial charge is 0.152 e. The van der Waals surface area contributed by atoms with E-state index in [0.29, 0.717) is 28.3 Å². The molecule has 0 aliphatic rings. The number of rotatable bonds is 3. The number of H-pyrrole nitrogens is 1. The molecule has 3 nitrogen and oxygen atoms in total. The summed E-state index contributed by atoms with van der Waals surface area (Å²) >= 11 is 6.07. The minimum atomic E-state index is -0.760. The van der Waals surface area contributed by atoms with Gasteiger partial charge in [-0.3, -0.25) is 4.79 Å². The van der Waals surface area contributed by atoms with Crippen LogP contribution < -0.4 is 4.74 Å². The number of fused-ring (bicyclic) bond motifs is 1. The molecule has 22 heavy (non-hydrogen) atoms. The van der Waals surface area contributed by atoms with E-state index in [-0.39, 0.29) is 16.5 Å². The fourth-order valence-corrected chi connectivity index (χ4v) is 2.67. The Hall–Kier alpha value is -2.40. The topological polar surface area (TPSA) is 42.1 Å². The van der Waals surface area contributed by atoms with Crippen molar-refractivity contribution < 1.29 is 18.3 Å². The van der Waals surface area contributed by atoms with Gasteiger partial charge in [-0.15, -0.1) is 0 Å². The second kappa shape index (κ2) is 5.42. The van der Waals surface area contributed by atoms with Crippen LogP contribution in [0.1, 0.15) is 10.4 Å². The van der Waals surface area contributed by atoms with Gasteiger partial charge in [0.15, 0.2) is 6.29 Å². The number of aromatic nitrogens is 1. The number of carbonyl (C=O) groups is 1. The molecule has 0 fully saturated rings. The molecular weight excluding hydrogens is 312 g/mol. The van der Waals surface area contributed by atoms with E-state index in [1.54, 1.807) is 18.2 Å². The predicted octanol–water partition coefficient (Wildman–Crippen LogP) is 4.59. The van der Waals surface area contributed by atoms with Crippen LogP contribution in [0.4, 0.5) is 8.78 Å². The molecule has 112 valence electrons. The van der Waals surface area contributed by atoms with Crippen LogP contribution in [-0.4, -0.2) is 18.4 Å². The van der Waals surface area contributed by atoms with Crippen LogP contribution in [0.25, 0.3) is 22.2 Å². The first kappa shape index (κ1) is 14.5. The lowest BCUT2D eigenvalue weighted by Crippen LogP contribution is -1.88. The van der Waals surface area contributed by atoms with Crippen molar-refractivity contribution in [2.24, 2.45) is 0 Å². The zero-order valence-electron chi connectivity index (χ0n) is 11.4. The van der Waals surface area contributed by atoms with E-state index in [4.69, 9.17) is 16.3 Å². The van der Waals surface area contributed by atoms with Gasteiger partial charge in [0.25, 0.3) is 0 Å². The zero-order chi connectivity index (χ0) is 15.9. The largest absolute Gasteiger partial charge is 0.495 e. The molecule has 0 saturated carbocycles. The predicted molar refractivity (Wildman–Crippen MR) is 80.6 cm³/mol. The SMILES string of the molecule is COc1ccc(-c2[nH]c3c(F)cc(F)cc3c2C=O)cc1Cl. The summed E-state index contributed by atoms with van der Waals surface area (Å²) in [5, 5.41) is 0.539.